The van der Waals surface area contributed by atoms with Crippen molar-refractivity contribution in [2.24, 2.45) is 0 Å². The molecule has 0 aromatic carbocycles. The van der Waals surface area contributed by atoms with E-state index in [4.69, 9.17) is 11.6 Å². The van der Waals surface area contributed by atoms with Crippen molar-refractivity contribution in [2.45, 2.75) is 24.8 Å². The molecule has 1 aromatic rings. The van der Waals surface area contributed by atoms with Crippen molar-refractivity contribution in [2.75, 3.05) is 7.11 Å². The first-order valence-electron chi connectivity index (χ1n) is 5.46. The van der Waals surface area contributed by atoms with Gasteiger partial charge >= 0.3 is 18.5 Å². The maximum atomic E-state index is 12.8. The van der Waals surface area contributed by atoms with Gasteiger partial charge in [-0.05, 0) is 6.07 Å². The van der Waals surface area contributed by atoms with Crippen molar-refractivity contribution < 1.29 is 40.6 Å². The van der Waals surface area contributed by atoms with Gasteiger partial charge in [-0.25, -0.2) is 4.98 Å². The number of halogens is 7. The highest BCUT2D eigenvalue weighted by Gasteiger charge is 2.38. The van der Waals surface area contributed by atoms with Crippen LogP contribution in [0, 0.1) is 0 Å². The summed E-state index contributed by atoms with van der Waals surface area (Å²) in [5, 5.41) is 0. The predicted octanol–water partition coefficient (Wildman–Crippen LogP) is 3.45. The summed E-state index contributed by atoms with van der Waals surface area (Å²) in [6.07, 6.45) is -11.0. The van der Waals surface area contributed by atoms with Crippen LogP contribution in [0.4, 0.5) is 26.3 Å². The lowest BCUT2D eigenvalue weighted by atomic mass is 10.1. The first-order valence-corrected chi connectivity index (χ1v) is 6.00. The lowest BCUT2D eigenvalue weighted by Gasteiger charge is -2.17. The number of alkyl halides is 7. The molecule has 0 aliphatic carbocycles. The normalized spacial score (nSPS) is 12.2. The Morgan fingerprint density at radius 1 is 1.27 bits per heavy atom. The molecule has 11 heteroatoms. The summed E-state index contributed by atoms with van der Waals surface area (Å²) < 4.78 is 83.1. The van der Waals surface area contributed by atoms with Gasteiger partial charge in [0.2, 0.25) is 5.88 Å². The molecule has 124 valence electrons. The zero-order valence-electron chi connectivity index (χ0n) is 10.8. The fourth-order valence-corrected chi connectivity index (χ4v) is 1.68. The first kappa shape index (κ1) is 18.3. The molecule has 0 N–H and O–H groups in total. The van der Waals surface area contributed by atoms with Crippen LogP contribution in [-0.2, 0) is 28.0 Å². The number of nitrogens with zero attached hydrogens (tertiary/aromatic N) is 1. The summed E-state index contributed by atoms with van der Waals surface area (Å²) in [6.45, 7) is 0. The van der Waals surface area contributed by atoms with Crippen LogP contribution in [0.2, 0.25) is 0 Å². The quantitative estimate of drug-likeness (QED) is 0.473. The zero-order chi connectivity index (χ0) is 17.1. The van der Waals surface area contributed by atoms with E-state index in [-0.39, 0.29) is 0 Å². The van der Waals surface area contributed by atoms with E-state index in [9.17, 15) is 31.1 Å². The lowest BCUT2D eigenvalue weighted by molar-refractivity contribution is -0.276. The summed E-state index contributed by atoms with van der Waals surface area (Å²) >= 11 is 5.28. The van der Waals surface area contributed by atoms with Crippen molar-refractivity contribution in [3.63, 3.8) is 0 Å². The summed E-state index contributed by atoms with van der Waals surface area (Å²) in [7, 11) is 0.928. The Balaban J connectivity index is 3.43. The average Bonchev–Trinajstić information content (AvgIpc) is 2.37. The van der Waals surface area contributed by atoms with Crippen LogP contribution in [0.15, 0.2) is 6.07 Å². The fraction of sp³-hybridized carbons (Fsp3) is 0.455. The highest BCUT2D eigenvalue weighted by molar-refractivity contribution is 6.17. The number of esters is 1. The summed E-state index contributed by atoms with van der Waals surface area (Å²) in [6, 6.07) is 0.336. The van der Waals surface area contributed by atoms with Crippen molar-refractivity contribution in [3.8, 4) is 5.88 Å². The Morgan fingerprint density at radius 3 is 2.27 bits per heavy atom. The number of carbonyl (C=O) groups excluding carboxylic acids is 1. The molecule has 22 heavy (non-hydrogen) atoms. The van der Waals surface area contributed by atoms with Gasteiger partial charge in [0.25, 0.3) is 0 Å². The van der Waals surface area contributed by atoms with Crippen LogP contribution in [0.1, 0.15) is 16.8 Å². The molecule has 0 aliphatic rings. The van der Waals surface area contributed by atoms with Gasteiger partial charge in [-0.3, -0.25) is 4.79 Å². The number of pyridine rings is 1. The third kappa shape index (κ3) is 4.93. The predicted molar refractivity (Wildman–Crippen MR) is 61.2 cm³/mol. The molecule has 0 unspecified atom stereocenters. The monoisotopic (exact) mass is 351 g/mol. The third-order valence-corrected chi connectivity index (χ3v) is 2.60. The highest BCUT2D eigenvalue weighted by atomic mass is 35.5. The smallest absolute Gasteiger partial charge is 0.469 e. The molecule has 0 radical (unpaired) electrons. The molecule has 0 aliphatic heterocycles. The van der Waals surface area contributed by atoms with Crippen molar-refractivity contribution >= 4 is 17.6 Å². The van der Waals surface area contributed by atoms with Crippen molar-refractivity contribution in [1.82, 2.24) is 4.98 Å². The van der Waals surface area contributed by atoms with E-state index < -0.39 is 53.5 Å². The number of carbonyl (C=O) groups is 1. The largest absolute Gasteiger partial charge is 0.574 e. The van der Waals surface area contributed by atoms with Crippen molar-refractivity contribution in [3.05, 3.63) is 22.9 Å². The van der Waals surface area contributed by atoms with E-state index in [1.807, 2.05) is 0 Å². The molecule has 4 nitrogen and oxygen atoms in total. The Morgan fingerprint density at radius 2 is 1.86 bits per heavy atom. The number of rotatable bonds is 4. The molecule has 1 rings (SSSR count). The van der Waals surface area contributed by atoms with Crippen LogP contribution in [0.5, 0.6) is 5.88 Å². The minimum atomic E-state index is -5.19. The first-order chi connectivity index (χ1) is 9.97. The molecule has 0 atom stereocenters. The Hall–Kier alpha value is -1.71. The van der Waals surface area contributed by atoms with Gasteiger partial charge in [0.05, 0.1) is 30.7 Å². The van der Waals surface area contributed by atoms with Gasteiger partial charge in [0, 0.05) is 5.56 Å². The van der Waals surface area contributed by atoms with Crippen molar-refractivity contribution in [1.29, 1.82) is 0 Å². The van der Waals surface area contributed by atoms with Gasteiger partial charge < -0.3 is 9.47 Å². The second kappa shape index (κ2) is 6.59. The van der Waals surface area contributed by atoms with E-state index in [2.05, 4.69) is 14.5 Å². The number of ether oxygens (including phenoxy) is 2. The maximum Gasteiger partial charge on any atom is 0.574 e. The molecule has 0 fully saturated rings. The van der Waals surface area contributed by atoms with Crippen LogP contribution >= 0.6 is 11.6 Å². The number of aromatic nitrogens is 1. The molecule has 0 bridgehead atoms. The molecule has 0 saturated carbocycles. The van der Waals surface area contributed by atoms with Gasteiger partial charge in [-0.2, -0.15) is 13.2 Å². The maximum absolute atomic E-state index is 12.8. The van der Waals surface area contributed by atoms with Crippen LogP contribution in [0.3, 0.4) is 0 Å². The van der Waals surface area contributed by atoms with Crippen LogP contribution in [-0.4, -0.2) is 24.4 Å². The standard InChI is InChI=1S/C11H8ClF6NO3/c1-21-8(20)3-5-2-6(10(13,14)15)7(4-12)19-9(5)22-11(16,17)18/h2H,3-4H2,1H3. The van der Waals surface area contributed by atoms with Gasteiger partial charge in [-0.15, -0.1) is 24.8 Å². The number of hydrogen-bond acceptors (Lipinski definition) is 4. The SMILES string of the molecule is COC(=O)Cc1cc(C(F)(F)F)c(CCl)nc1OC(F)(F)F. The topological polar surface area (TPSA) is 48.4 Å². The molecule has 0 amide bonds. The average molecular weight is 352 g/mol. The minimum Gasteiger partial charge on any atom is -0.469 e. The van der Waals surface area contributed by atoms with Crippen LogP contribution in [0.25, 0.3) is 0 Å². The Labute approximate surface area is 125 Å². The van der Waals surface area contributed by atoms with Gasteiger partial charge in [0.1, 0.15) is 0 Å². The molecule has 0 saturated heterocycles. The van der Waals surface area contributed by atoms with E-state index in [0.29, 0.717) is 6.07 Å². The molecular formula is C11H8ClF6NO3. The second-order valence-corrected chi connectivity index (χ2v) is 4.15. The zero-order valence-corrected chi connectivity index (χ0v) is 11.6. The fourth-order valence-electron chi connectivity index (χ4n) is 1.47. The minimum absolute atomic E-state index is 0.336. The number of methoxy groups -OCH3 is 1. The molecule has 0 spiro atoms. The summed E-state index contributed by atoms with van der Waals surface area (Å²) in [5.41, 5.74) is -2.91. The summed E-state index contributed by atoms with van der Waals surface area (Å²) in [4.78, 5) is 14.2. The third-order valence-electron chi connectivity index (χ3n) is 2.35. The van der Waals surface area contributed by atoms with Crippen LogP contribution < -0.4 is 4.74 Å². The number of hydrogen-bond donors (Lipinski definition) is 0. The molecular weight excluding hydrogens is 344 g/mol. The van der Waals surface area contributed by atoms with E-state index in [1.54, 1.807) is 0 Å². The molecule has 1 aromatic heterocycles. The van der Waals surface area contributed by atoms with Gasteiger partial charge in [0.15, 0.2) is 0 Å². The van der Waals surface area contributed by atoms with Gasteiger partial charge in [-0.1, -0.05) is 0 Å². The Bertz CT molecular complexity index is 558. The van der Waals surface area contributed by atoms with E-state index in [0.717, 1.165) is 7.11 Å². The lowest BCUT2D eigenvalue weighted by Crippen LogP contribution is -2.22. The molecule has 1 heterocycles. The highest BCUT2D eigenvalue weighted by Crippen LogP contribution is 2.36. The Kier molecular flexibility index (Phi) is 5.49. The summed E-state index contributed by atoms with van der Waals surface area (Å²) in [5.74, 6) is -3.02. The van der Waals surface area contributed by atoms with E-state index in [1.165, 1.54) is 0 Å². The van der Waals surface area contributed by atoms with E-state index >= 15 is 0 Å². The second-order valence-electron chi connectivity index (χ2n) is 3.88.